The van der Waals surface area contributed by atoms with E-state index in [1.54, 1.807) is 0 Å². The van der Waals surface area contributed by atoms with Crippen molar-refractivity contribution in [3.8, 4) is 0 Å². The Morgan fingerprint density at radius 3 is 2.49 bits per heavy atom. The van der Waals surface area contributed by atoms with E-state index in [4.69, 9.17) is 11.6 Å². The van der Waals surface area contributed by atoms with Gasteiger partial charge in [0, 0.05) is 45.0 Å². The van der Waals surface area contributed by atoms with Gasteiger partial charge < -0.3 is 10.6 Å². The number of aromatic nitrogens is 1. The van der Waals surface area contributed by atoms with Crippen LogP contribution in [0.4, 0.5) is 5.82 Å². The lowest BCUT2D eigenvalue weighted by atomic mass is 10.0. The molecular weight excluding hydrogens is 486 g/mol. The van der Waals surface area contributed by atoms with Crippen LogP contribution in [0.15, 0.2) is 35.4 Å². The number of aryl methyl sites for hydroxylation is 1. The average Bonchev–Trinajstić information content (AvgIpc) is 3.73. The van der Waals surface area contributed by atoms with Crippen LogP contribution in [0.1, 0.15) is 48.3 Å². The van der Waals surface area contributed by atoms with E-state index in [1.807, 2.05) is 4.90 Å². The van der Waals surface area contributed by atoms with Gasteiger partial charge in [-0.05, 0) is 55.7 Å². The average molecular weight is 518 g/mol. The minimum Gasteiger partial charge on any atom is -0.365 e. The van der Waals surface area contributed by atoms with E-state index in [9.17, 15) is 13.2 Å². The molecule has 2 N–H and O–H groups in total. The zero-order chi connectivity index (χ0) is 24.6. The number of carbonyl (C=O) groups is 1. The number of benzene rings is 1. The molecule has 2 aromatic rings. The maximum Gasteiger partial charge on any atom is 0.244 e. The summed E-state index contributed by atoms with van der Waals surface area (Å²) in [6, 6.07) is 8.40. The summed E-state index contributed by atoms with van der Waals surface area (Å²) >= 11 is 6.43. The topological polar surface area (TPSA) is 94.6 Å². The first-order chi connectivity index (χ1) is 16.8. The second-order valence-corrected chi connectivity index (χ2v) is 12.2. The molecule has 1 saturated heterocycles. The van der Waals surface area contributed by atoms with Gasteiger partial charge in [0.15, 0.2) is 0 Å². The third-order valence-corrected chi connectivity index (χ3v) is 8.92. The molecule has 1 aliphatic heterocycles. The largest absolute Gasteiger partial charge is 0.365 e. The summed E-state index contributed by atoms with van der Waals surface area (Å²) in [5.74, 6) is 1.16. The Bertz CT molecular complexity index is 1210. The quantitative estimate of drug-likeness (QED) is 0.530. The molecule has 1 amide bonds. The van der Waals surface area contributed by atoms with Crippen LogP contribution in [-0.2, 0) is 21.4 Å². The Balaban J connectivity index is 1.18. The highest BCUT2D eigenvalue weighted by atomic mass is 35.5. The van der Waals surface area contributed by atoms with Gasteiger partial charge in [-0.15, -0.1) is 0 Å². The fourth-order valence-corrected chi connectivity index (χ4v) is 6.20. The molecule has 0 spiro atoms. The van der Waals surface area contributed by atoms with Crippen LogP contribution < -0.4 is 10.6 Å². The SMILES string of the molecule is Cc1cc(CNc2ncc(S(=O)(=O)N3CCN(CC(=O)NC4CC4)CC3)cc2Cl)cc(C2CC2)c1. The molecule has 3 aliphatic rings. The van der Waals surface area contributed by atoms with Crippen molar-refractivity contribution in [1.29, 1.82) is 0 Å². The smallest absolute Gasteiger partial charge is 0.244 e. The standard InChI is InChI=1S/C25H32ClN5O3S/c1-17-10-18(12-20(11-17)19-2-3-19)14-27-25-23(26)13-22(15-28-25)35(33,34)31-8-6-30(7-9-31)16-24(32)29-21-4-5-21/h10-13,15,19,21H,2-9,14,16H2,1H3,(H,27,28)(H,29,32). The summed E-state index contributed by atoms with van der Waals surface area (Å²) in [7, 11) is -3.71. The molecule has 2 aliphatic carbocycles. The van der Waals surface area contributed by atoms with Crippen molar-refractivity contribution in [1.82, 2.24) is 19.5 Å². The molecule has 35 heavy (non-hydrogen) atoms. The summed E-state index contributed by atoms with van der Waals surface area (Å²) in [4.78, 5) is 18.4. The molecule has 0 bridgehead atoms. The normalized spacial score (nSPS) is 19.5. The van der Waals surface area contributed by atoms with Gasteiger partial charge in [-0.25, -0.2) is 13.4 Å². The van der Waals surface area contributed by atoms with E-state index in [0.717, 1.165) is 18.4 Å². The van der Waals surface area contributed by atoms with Crippen molar-refractivity contribution in [2.45, 2.75) is 56.0 Å². The highest BCUT2D eigenvalue weighted by molar-refractivity contribution is 7.89. The summed E-state index contributed by atoms with van der Waals surface area (Å²) < 4.78 is 27.8. The third-order valence-electron chi connectivity index (χ3n) is 6.76. The molecular formula is C25H32ClN5O3S. The zero-order valence-corrected chi connectivity index (χ0v) is 21.5. The molecule has 5 rings (SSSR count). The number of amides is 1. The van der Waals surface area contributed by atoms with Crippen molar-refractivity contribution in [2.24, 2.45) is 0 Å². The number of nitrogens with one attached hydrogen (secondary N) is 2. The van der Waals surface area contributed by atoms with Gasteiger partial charge in [0.25, 0.3) is 0 Å². The van der Waals surface area contributed by atoms with E-state index in [-0.39, 0.29) is 15.8 Å². The summed E-state index contributed by atoms with van der Waals surface area (Å²) in [5.41, 5.74) is 3.77. The third kappa shape index (κ3) is 6.14. The number of nitrogens with zero attached hydrogens (tertiary/aromatic N) is 3. The molecule has 10 heteroatoms. The summed E-state index contributed by atoms with van der Waals surface area (Å²) in [6.45, 7) is 4.65. The summed E-state index contributed by atoms with van der Waals surface area (Å²) in [6.07, 6.45) is 5.98. The van der Waals surface area contributed by atoms with E-state index in [1.165, 1.54) is 40.5 Å². The number of rotatable bonds is 9. The number of piperazine rings is 1. The minimum absolute atomic E-state index is 0.0114. The molecule has 2 heterocycles. The first-order valence-electron chi connectivity index (χ1n) is 12.3. The van der Waals surface area contributed by atoms with Crippen molar-refractivity contribution < 1.29 is 13.2 Å². The number of anilines is 1. The van der Waals surface area contributed by atoms with Crippen LogP contribution in [0.2, 0.25) is 5.02 Å². The van der Waals surface area contributed by atoms with E-state index in [0.29, 0.717) is 57.0 Å². The lowest BCUT2D eigenvalue weighted by Crippen LogP contribution is -2.51. The van der Waals surface area contributed by atoms with Gasteiger partial charge in [0.2, 0.25) is 15.9 Å². The minimum atomic E-state index is -3.71. The Labute approximate surface area is 212 Å². The monoisotopic (exact) mass is 517 g/mol. The number of sulfonamides is 1. The fourth-order valence-electron chi connectivity index (χ4n) is 4.51. The van der Waals surface area contributed by atoms with Crippen molar-refractivity contribution in [3.63, 3.8) is 0 Å². The molecule has 2 saturated carbocycles. The first kappa shape index (κ1) is 24.5. The van der Waals surface area contributed by atoms with Gasteiger partial charge in [-0.2, -0.15) is 4.31 Å². The number of halogens is 1. The van der Waals surface area contributed by atoms with E-state index < -0.39 is 10.0 Å². The van der Waals surface area contributed by atoms with Crippen LogP contribution in [0.5, 0.6) is 0 Å². The second-order valence-electron chi connectivity index (χ2n) is 9.90. The fraction of sp³-hybridized carbons (Fsp3) is 0.520. The molecule has 188 valence electrons. The molecule has 1 aromatic heterocycles. The number of carbonyl (C=O) groups excluding carboxylic acids is 1. The number of hydrogen-bond donors (Lipinski definition) is 2. The maximum atomic E-state index is 13.2. The summed E-state index contributed by atoms with van der Waals surface area (Å²) in [5, 5.41) is 6.49. The predicted octanol–water partition coefficient (Wildman–Crippen LogP) is 3.12. The molecule has 3 fully saturated rings. The Morgan fingerprint density at radius 2 is 1.83 bits per heavy atom. The first-order valence-corrected chi connectivity index (χ1v) is 14.1. The zero-order valence-electron chi connectivity index (χ0n) is 20.0. The Kier molecular flexibility index (Phi) is 7.03. The highest BCUT2D eigenvalue weighted by Gasteiger charge is 2.31. The lowest BCUT2D eigenvalue weighted by molar-refractivity contribution is -0.122. The van der Waals surface area contributed by atoms with Crippen LogP contribution in [0.3, 0.4) is 0 Å². The Hall–Kier alpha value is -2.20. The van der Waals surface area contributed by atoms with E-state index >= 15 is 0 Å². The molecule has 0 radical (unpaired) electrons. The van der Waals surface area contributed by atoms with Crippen LogP contribution in [0.25, 0.3) is 0 Å². The van der Waals surface area contributed by atoms with Crippen LogP contribution in [-0.4, -0.2) is 67.3 Å². The van der Waals surface area contributed by atoms with Crippen LogP contribution in [0, 0.1) is 6.92 Å². The number of hydrogen-bond acceptors (Lipinski definition) is 6. The van der Waals surface area contributed by atoms with Gasteiger partial charge >= 0.3 is 0 Å². The Morgan fingerprint density at radius 1 is 1.09 bits per heavy atom. The van der Waals surface area contributed by atoms with Gasteiger partial charge in [0.05, 0.1) is 11.6 Å². The maximum absolute atomic E-state index is 13.2. The molecule has 0 unspecified atom stereocenters. The van der Waals surface area contributed by atoms with E-state index in [2.05, 4.69) is 40.7 Å². The van der Waals surface area contributed by atoms with Crippen molar-refractivity contribution >= 4 is 33.3 Å². The second kappa shape index (κ2) is 10.0. The van der Waals surface area contributed by atoms with Crippen LogP contribution >= 0.6 is 11.6 Å². The highest BCUT2D eigenvalue weighted by Crippen LogP contribution is 2.40. The molecule has 1 aromatic carbocycles. The molecule has 0 atom stereocenters. The number of pyridine rings is 1. The van der Waals surface area contributed by atoms with Crippen molar-refractivity contribution in [3.05, 3.63) is 52.2 Å². The van der Waals surface area contributed by atoms with Gasteiger partial charge in [0.1, 0.15) is 10.7 Å². The molecule has 8 nitrogen and oxygen atoms in total. The van der Waals surface area contributed by atoms with Crippen molar-refractivity contribution in [2.75, 3.05) is 38.0 Å². The lowest BCUT2D eigenvalue weighted by Gasteiger charge is -2.33. The van der Waals surface area contributed by atoms with Gasteiger partial charge in [-0.3, -0.25) is 9.69 Å². The van der Waals surface area contributed by atoms with Gasteiger partial charge in [-0.1, -0.05) is 35.4 Å². The predicted molar refractivity (Wildman–Crippen MR) is 136 cm³/mol.